The molecule has 0 unspecified atom stereocenters. The fourth-order valence-electron chi connectivity index (χ4n) is 2.83. The van der Waals surface area contributed by atoms with E-state index in [0.29, 0.717) is 12.1 Å². The molecule has 0 atom stereocenters. The number of halogens is 1. The molecular weight excluding hydrogens is 265 g/mol. The fourth-order valence-corrected chi connectivity index (χ4v) is 2.83. The molecule has 1 saturated carbocycles. The van der Waals surface area contributed by atoms with E-state index in [9.17, 15) is 9.18 Å². The highest BCUT2D eigenvalue weighted by atomic mass is 19.1. The SMILES string of the molecule is CN(Cc1ccccc1F)C(=O)C1(c2ccccc2)CC1. The van der Waals surface area contributed by atoms with Gasteiger partial charge in [-0.15, -0.1) is 0 Å². The van der Waals surface area contributed by atoms with E-state index in [2.05, 4.69) is 0 Å². The number of amides is 1. The van der Waals surface area contributed by atoms with Crippen molar-refractivity contribution in [3.63, 3.8) is 0 Å². The first-order valence-electron chi connectivity index (χ1n) is 7.18. The molecule has 108 valence electrons. The molecule has 3 heteroatoms. The summed E-state index contributed by atoms with van der Waals surface area (Å²) in [6, 6.07) is 16.5. The first kappa shape index (κ1) is 13.8. The Kier molecular flexibility index (Phi) is 3.50. The van der Waals surface area contributed by atoms with E-state index in [0.717, 1.165) is 18.4 Å². The van der Waals surface area contributed by atoms with Crippen LogP contribution < -0.4 is 0 Å². The highest BCUT2D eigenvalue weighted by molar-refractivity contribution is 5.91. The van der Waals surface area contributed by atoms with Crippen molar-refractivity contribution in [2.24, 2.45) is 0 Å². The van der Waals surface area contributed by atoms with Gasteiger partial charge in [0.1, 0.15) is 5.82 Å². The summed E-state index contributed by atoms with van der Waals surface area (Å²) in [7, 11) is 1.75. The highest BCUT2D eigenvalue weighted by Crippen LogP contribution is 2.49. The number of hydrogen-bond donors (Lipinski definition) is 0. The Bertz CT molecular complexity index is 649. The average Bonchev–Trinajstić information content (AvgIpc) is 3.31. The van der Waals surface area contributed by atoms with Crippen molar-refractivity contribution in [1.29, 1.82) is 0 Å². The summed E-state index contributed by atoms with van der Waals surface area (Å²) in [5.41, 5.74) is 1.23. The van der Waals surface area contributed by atoms with Crippen molar-refractivity contribution < 1.29 is 9.18 Å². The minimum Gasteiger partial charge on any atom is -0.341 e. The summed E-state index contributed by atoms with van der Waals surface area (Å²) < 4.78 is 13.7. The van der Waals surface area contributed by atoms with E-state index in [-0.39, 0.29) is 17.1 Å². The minimum absolute atomic E-state index is 0.0805. The smallest absolute Gasteiger partial charge is 0.233 e. The van der Waals surface area contributed by atoms with E-state index in [4.69, 9.17) is 0 Å². The van der Waals surface area contributed by atoms with Crippen LogP contribution in [0.3, 0.4) is 0 Å². The molecule has 0 saturated heterocycles. The van der Waals surface area contributed by atoms with Gasteiger partial charge in [0.15, 0.2) is 0 Å². The molecule has 1 fully saturated rings. The number of hydrogen-bond acceptors (Lipinski definition) is 1. The Morgan fingerprint density at radius 2 is 1.71 bits per heavy atom. The Hall–Kier alpha value is -2.16. The second-order valence-corrected chi connectivity index (χ2v) is 5.70. The van der Waals surface area contributed by atoms with Gasteiger partial charge in [-0.1, -0.05) is 48.5 Å². The van der Waals surface area contributed by atoms with E-state index in [1.807, 2.05) is 30.3 Å². The fraction of sp³-hybridized carbons (Fsp3) is 0.278. The Balaban J connectivity index is 1.78. The van der Waals surface area contributed by atoms with Gasteiger partial charge in [0.05, 0.1) is 5.41 Å². The van der Waals surface area contributed by atoms with Crippen LogP contribution in [0.2, 0.25) is 0 Å². The van der Waals surface area contributed by atoms with Crippen molar-refractivity contribution in [2.75, 3.05) is 7.05 Å². The number of rotatable bonds is 4. The van der Waals surface area contributed by atoms with E-state index >= 15 is 0 Å². The normalized spacial score (nSPS) is 15.5. The number of carbonyl (C=O) groups is 1. The van der Waals surface area contributed by atoms with Crippen molar-refractivity contribution >= 4 is 5.91 Å². The van der Waals surface area contributed by atoms with Gasteiger partial charge >= 0.3 is 0 Å². The summed E-state index contributed by atoms with van der Waals surface area (Å²) >= 11 is 0. The number of nitrogens with zero attached hydrogens (tertiary/aromatic N) is 1. The maximum absolute atomic E-state index is 13.7. The van der Waals surface area contributed by atoms with Crippen molar-refractivity contribution in [3.8, 4) is 0 Å². The number of benzene rings is 2. The Morgan fingerprint density at radius 1 is 1.10 bits per heavy atom. The third-order valence-electron chi connectivity index (χ3n) is 4.20. The molecule has 0 aromatic heterocycles. The zero-order valence-corrected chi connectivity index (χ0v) is 12.1. The van der Waals surface area contributed by atoms with Crippen molar-refractivity contribution in [1.82, 2.24) is 4.90 Å². The maximum Gasteiger partial charge on any atom is 0.233 e. The van der Waals surface area contributed by atoms with Crippen LogP contribution in [0.4, 0.5) is 4.39 Å². The van der Waals surface area contributed by atoms with Gasteiger partial charge in [-0.25, -0.2) is 4.39 Å². The van der Waals surface area contributed by atoms with Gasteiger partial charge in [-0.2, -0.15) is 0 Å². The second-order valence-electron chi connectivity index (χ2n) is 5.70. The molecule has 0 heterocycles. The van der Waals surface area contributed by atoms with Gasteiger partial charge < -0.3 is 4.90 Å². The highest BCUT2D eigenvalue weighted by Gasteiger charge is 2.52. The van der Waals surface area contributed by atoms with Crippen LogP contribution in [-0.4, -0.2) is 17.9 Å². The summed E-state index contributed by atoms with van der Waals surface area (Å²) in [6.45, 7) is 0.306. The monoisotopic (exact) mass is 283 g/mol. The molecule has 2 aromatic rings. The summed E-state index contributed by atoms with van der Waals surface area (Å²) in [5.74, 6) is -0.182. The first-order chi connectivity index (χ1) is 10.1. The average molecular weight is 283 g/mol. The molecule has 2 nitrogen and oxygen atoms in total. The lowest BCUT2D eigenvalue weighted by molar-refractivity contribution is -0.133. The van der Waals surface area contributed by atoms with Crippen LogP contribution in [0.1, 0.15) is 24.0 Å². The maximum atomic E-state index is 13.7. The molecule has 3 rings (SSSR count). The largest absolute Gasteiger partial charge is 0.341 e. The molecule has 0 radical (unpaired) electrons. The van der Waals surface area contributed by atoms with Crippen molar-refractivity contribution in [2.45, 2.75) is 24.8 Å². The molecule has 1 aliphatic rings. The summed E-state index contributed by atoms with van der Waals surface area (Å²) in [4.78, 5) is 14.4. The van der Waals surface area contributed by atoms with Gasteiger partial charge in [0.2, 0.25) is 5.91 Å². The van der Waals surface area contributed by atoms with E-state index in [1.165, 1.54) is 6.07 Å². The molecule has 1 amide bonds. The van der Waals surface area contributed by atoms with Gasteiger partial charge in [-0.05, 0) is 24.5 Å². The van der Waals surface area contributed by atoms with Gasteiger partial charge in [0, 0.05) is 19.2 Å². The van der Waals surface area contributed by atoms with Gasteiger partial charge in [-0.3, -0.25) is 4.79 Å². The van der Waals surface area contributed by atoms with Crippen LogP contribution in [-0.2, 0) is 16.8 Å². The van der Waals surface area contributed by atoms with Crippen LogP contribution in [0, 0.1) is 5.82 Å². The third kappa shape index (κ3) is 2.56. The predicted molar refractivity (Wildman–Crippen MR) is 80.2 cm³/mol. The lowest BCUT2D eigenvalue weighted by Gasteiger charge is -2.24. The van der Waals surface area contributed by atoms with Crippen LogP contribution in [0.25, 0.3) is 0 Å². The van der Waals surface area contributed by atoms with E-state index < -0.39 is 0 Å². The van der Waals surface area contributed by atoms with Crippen LogP contribution >= 0.6 is 0 Å². The second kappa shape index (κ2) is 5.32. The molecular formula is C18H18FNO. The summed E-state index contributed by atoms with van der Waals surface area (Å²) in [5, 5.41) is 0. The van der Waals surface area contributed by atoms with Gasteiger partial charge in [0.25, 0.3) is 0 Å². The zero-order valence-electron chi connectivity index (χ0n) is 12.1. The Labute approximate surface area is 124 Å². The Morgan fingerprint density at radius 3 is 2.33 bits per heavy atom. The molecule has 0 N–H and O–H groups in total. The minimum atomic E-state index is -0.388. The molecule has 2 aromatic carbocycles. The molecule has 1 aliphatic carbocycles. The molecule has 0 bridgehead atoms. The lowest BCUT2D eigenvalue weighted by Crippen LogP contribution is -2.36. The third-order valence-corrected chi connectivity index (χ3v) is 4.20. The zero-order chi connectivity index (χ0) is 14.9. The standard InChI is InChI=1S/C18H18FNO/c1-20(13-14-7-5-6-10-16(14)19)17(21)18(11-12-18)15-8-3-2-4-9-15/h2-10H,11-13H2,1H3. The van der Waals surface area contributed by atoms with Crippen molar-refractivity contribution in [3.05, 3.63) is 71.5 Å². The molecule has 0 spiro atoms. The number of likely N-dealkylation sites (N-methyl/N-ethyl adjacent to an activating group) is 1. The number of carbonyl (C=O) groups excluding carboxylic acids is 1. The van der Waals surface area contributed by atoms with Crippen LogP contribution in [0.15, 0.2) is 54.6 Å². The lowest BCUT2D eigenvalue weighted by atomic mass is 9.94. The quantitative estimate of drug-likeness (QED) is 0.840. The topological polar surface area (TPSA) is 20.3 Å². The first-order valence-corrected chi connectivity index (χ1v) is 7.18. The van der Waals surface area contributed by atoms with E-state index in [1.54, 1.807) is 30.1 Å². The molecule has 0 aliphatic heterocycles. The van der Waals surface area contributed by atoms with Crippen LogP contribution in [0.5, 0.6) is 0 Å². The molecule has 21 heavy (non-hydrogen) atoms. The summed E-state index contributed by atoms with van der Waals surface area (Å²) in [6.07, 6.45) is 1.74. The predicted octanol–water partition coefficient (Wildman–Crippen LogP) is 3.52.